The Morgan fingerprint density at radius 1 is 1.16 bits per heavy atom. The van der Waals surface area contributed by atoms with Crippen LogP contribution >= 0.6 is 0 Å². The van der Waals surface area contributed by atoms with E-state index >= 15 is 0 Å². The van der Waals surface area contributed by atoms with Crippen LogP contribution in [0.1, 0.15) is 6.42 Å². The first kappa shape index (κ1) is 20.6. The summed E-state index contributed by atoms with van der Waals surface area (Å²) in [6.07, 6.45) is 0.0587. The van der Waals surface area contributed by atoms with Crippen molar-refractivity contribution < 1.29 is 28.2 Å². The fourth-order valence-corrected chi connectivity index (χ4v) is 3.69. The fraction of sp³-hybridized carbons (Fsp3) is 0.318. The largest absolute Gasteiger partial charge is 0.486 e. The van der Waals surface area contributed by atoms with Gasteiger partial charge in [-0.25, -0.2) is 4.39 Å². The molecule has 2 aliphatic heterocycles. The average molecular weight is 427 g/mol. The van der Waals surface area contributed by atoms with Crippen LogP contribution in [-0.4, -0.2) is 56.0 Å². The van der Waals surface area contributed by atoms with Crippen LogP contribution in [0.25, 0.3) is 0 Å². The number of nitrogens with one attached hydrogen (secondary N) is 1. The molecule has 0 bridgehead atoms. The number of nitrogens with zero attached hydrogens (tertiary/aromatic N) is 2. The Bertz CT molecular complexity index is 1030. The standard InChI is InChI=1S/C22H22FN3O5/c1-25(13-20(27)24-16-4-2-3-15(23)10-16)22(29)14-9-21(28)26(12-14)17-5-6-18-19(11-17)31-8-7-30-18/h2-6,10-11,14H,7-9,12-13H2,1H3,(H,24,27). The van der Waals surface area contributed by atoms with Crippen molar-refractivity contribution in [2.45, 2.75) is 6.42 Å². The number of ether oxygens (including phenoxy) is 2. The predicted octanol–water partition coefficient (Wildman–Crippen LogP) is 2.05. The number of hydrogen-bond donors (Lipinski definition) is 1. The number of carbonyl (C=O) groups is 3. The highest BCUT2D eigenvalue weighted by molar-refractivity contribution is 6.01. The summed E-state index contributed by atoms with van der Waals surface area (Å²) in [6.45, 7) is 0.926. The van der Waals surface area contributed by atoms with Crippen LogP contribution in [0, 0.1) is 11.7 Å². The lowest BCUT2D eigenvalue weighted by molar-refractivity contribution is -0.137. The van der Waals surface area contributed by atoms with Gasteiger partial charge in [0.1, 0.15) is 19.0 Å². The van der Waals surface area contributed by atoms with E-state index in [0.29, 0.717) is 36.1 Å². The molecule has 4 rings (SSSR count). The van der Waals surface area contributed by atoms with Crippen LogP contribution < -0.4 is 19.7 Å². The van der Waals surface area contributed by atoms with Crippen molar-refractivity contribution in [1.29, 1.82) is 0 Å². The molecule has 2 aromatic rings. The van der Waals surface area contributed by atoms with Gasteiger partial charge in [-0.15, -0.1) is 0 Å². The minimum absolute atomic E-state index is 0.0587. The van der Waals surface area contributed by atoms with Gasteiger partial charge in [0.2, 0.25) is 17.7 Å². The molecular formula is C22H22FN3O5. The van der Waals surface area contributed by atoms with E-state index in [9.17, 15) is 18.8 Å². The van der Waals surface area contributed by atoms with Gasteiger partial charge in [-0.05, 0) is 30.3 Å². The number of rotatable bonds is 5. The summed E-state index contributed by atoms with van der Waals surface area (Å²) in [5, 5.41) is 2.56. The number of benzene rings is 2. The number of anilines is 2. The van der Waals surface area contributed by atoms with Crippen molar-refractivity contribution in [2.75, 3.05) is 43.6 Å². The van der Waals surface area contributed by atoms with Crippen molar-refractivity contribution in [1.82, 2.24) is 4.90 Å². The van der Waals surface area contributed by atoms with Gasteiger partial charge >= 0.3 is 0 Å². The summed E-state index contributed by atoms with van der Waals surface area (Å²) in [7, 11) is 1.50. The minimum Gasteiger partial charge on any atom is -0.486 e. The minimum atomic E-state index is -0.562. The Hall–Kier alpha value is -3.62. The smallest absolute Gasteiger partial charge is 0.243 e. The molecular weight excluding hydrogens is 405 g/mol. The van der Waals surface area contributed by atoms with E-state index in [1.807, 2.05) is 0 Å². The molecule has 8 nitrogen and oxygen atoms in total. The molecule has 1 saturated heterocycles. The molecule has 0 spiro atoms. The molecule has 0 saturated carbocycles. The molecule has 1 atom stereocenters. The second-order valence-electron chi connectivity index (χ2n) is 7.49. The first-order valence-corrected chi connectivity index (χ1v) is 9.91. The third-order valence-electron chi connectivity index (χ3n) is 5.18. The third kappa shape index (κ3) is 4.60. The Morgan fingerprint density at radius 2 is 1.94 bits per heavy atom. The van der Waals surface area contributed by atoms with Gasteiger partial charge in [0.15, 0.2) is 11.5 Å². The molecule has 2 aromatic carbocycles. The topological polar surface area (TPSA) is 88.2 Å². The monoisotopic (exact) mass is 427 g/mol. The van der Waals surface area contributed by atoms with Gasteiger partial charge in [-0.2, -0.15) is 0 Å². The van der Waals surface area contributed by atoms with Crippen LogP contribution in [-0.2, 0) is 14.4 Å². The molecule has 0 radical (unpaired) electrons. The molecule has 0 aliphatic carbocycles. The van der Waals surface area contributed by atoms with Gasteiger partial charge in [-0.3, -0.25) is 14.4 Å². The zero-order valence-electron chi connectivity index (χ0n) is 17.0. The van der Waals surface area contributed by atoms with Gasteiger partial charge in [0.25, 0.3) is 0 Å². The lowest BCUT2D eigenvalue weighted by Crippen LogP contribution is -2.39. The predicted molar refractivity (Wildman–Crippen MR) is 111 cm³/mol. The number of fused-ring (bicyclic) bond motifs is 1. The lowest BCUT2D eigenvalue weighted by atomic mass is 10.1. The number of carbonyl (C=O) groups excluding carboxylic acids is 3. The van der Waals surface area contributed by atoms with Crippen molar-refractivity contribution in [2.24, 2.45) is 5.92 Å². The van der Waals surface area contributed by atoms with Crippen molar-refractivity contribution in [3.8, 4) is 11.5 Å². The summed E-state index contributed by atoms with van der Waals surface area (Å²) in [6, 6.07) is 10.7. The van der Waals surface area contributed by atoms with Crippen LogP contribution in [0.3, 0.4) is 0 Å². The van der Waals surface area contributed by atoms with Crippen LogP contribution in [0.2, 0.25) is 0 Å². The van der Waals surface area contributed by atoms with Crippen molar-refractivity contribution in [3.05, 3.63) is 48.3 Å². The SMILES string of the molecule is CN(CC(=O)Nc1cccc(F)c1)C(=O)C1CC(=O)N(c2ccc3c(c2)OCCO3)C1. The van der Waals surface area contributed by atoms with E-state index in [0.717, 1.165) is 0 Å². The van der Waals surface area contributed by atoms with Gasteiger partial charge in [0, 0.05) is 37.5 Å². The highest BCUT2D eigenvalue weighted by Gasteiger charge is 2.37. The normalized spacial score (nSPS) is 17.4. The van der Waals surface area contributed by atoms with Crippen molar-refractivity contribution >= 4 is 29.1 Å². The van der Waals surface area contributed by atoms with Gasteiger partial charge < -0.3 is 24.6 Å². The average Bonchev–Trinajstić information content (AvgIpc) is 3.14. The Kier molecular flexibility index (Phi) is 5.75. The molecule has 162 valence electrons. The van der Waals surface area contributed by atoms with Crippen molar-refractivity contribution in [3.63, 3.8) is 0 Å². The van der Waals surface area contributed by atoms with E-state index in [4.69, 9.17) is 9.47 Å². The summed E-state index contributed by atoms with van der Waals surface area (Å²) in [5.41, 5.74) is 0.947. The molecule has 2 heterocycles. The first-order valence-electron chi connectivity index (χ1n) is 9.91. The maximum absolute atomic E-state index is 13.3. The van der Waals surface area contributed by atoms with E-state index in [2.05, 4.69) is 5.32 Å². The van der Waals surface area contributed by atoms with Crippen LogP contribution in [0.4, 0.5) is 15.8 Å². The summed E-state index contributed by atoms with van der Waals surface area (Å²) in [5.74, 6) is -0.765. The summed E-state index contributed by atoms with van der Waals surface area (Å²) in [4.78, 5) is 40.4. The summed E-state index contributed by atoms with van der Waals surface area (Å²) < 4.78 is 24.3. The molecule has 2 aliphatic rings. The Morgan fingerprint density at radius 3 is 2.71 bits per heavy atom. The maximum Gasteiger partial charge on any atom is 0.243 e. The van der Waals surface area contributed by atoms with Gasteiger partial charge in [-0.1, -0.05) is 6.07 Å². The molecule has 0 aromatic heterocycles. The van der Waals surface area contributed by atoms with Gasteiger partial charge in [0.05, 0.1) is 12.5 Å². The molecule has 9 heteroatoms. The molecule has 3 amide bonds. The van der Waals surface area contributed by atoms with E-state index in [1.165, 1.54) is 30.1 Å². The quantitative estimate of drug-likeness (QED) is 0.789. The highest BCUT2D eigenvalue weighted by atomic mass is 19.1. The number of likely N-dealkylation sites (N-methyl/N-ethyl adjacent to an activating group) is 1. The van der Waals surface area contributed by atoms with E-state index in [-0.39, 0.29) is 31.3 Å². The summed E-state index contributed by atoms with van der Waals surface area (Å²) >= 11 is 0. The number of amides is 3. The van der Waals surface area contributed by atoms with Crippen LogP contribution in [0.15, 0.2) is 42.5 Å². The van der Waals surface area contributed by atoms with Crippen LogP contribution in [0.5, 0.6) is 11.5 Å². The zero-order chi connectivity index (χ0) is 22.0. The molecule has 1 fully saturated rings. The molecule has 31 heavy (non-hydrogen) atoms. The number of halogens is 1. The molecule has 1 N–H and O–H groups in total. The van der Waals surface area contributed by atoms with E-state index in [1.54, 1.807) is 29.2 Å². The second kappa shape index (κ2) is 8.63. The Labute approximate surface area is 178 Å². The highest BCUT2D eigenvalue weighted by Crippen LogP contribution is 2.36. The first-order chi connectivity index (χ1) is 14.9. The second-order valence-corrected chi connectivity index (χ2v) is 7.49. The maximum atomic E-state index is 13.3. The fourth-order valence-electron chi connectivity index (χ4n) is 3.69. The van der Waals surface area contributed by atoms with E-state index < -0.39 is 17.6 Å². The molecule has 1 unspecified atom stereocenters. The third-order valence-corrected chi connectivity index (χ3v) is 5.18. The zero-order valence-corrected chi connectivity index (χ0v) is 17.0. The Balaban J connectivity index is 1.36. The number of hydrogen-bond acceptors (Lipinski definition) is 5. The lowest BCUT2D eigenvalue weighted by Gasteiger charge is -2.23.